The van der Waals surface area contributed by atoms with Gasteiger partial charge in [0.05, 0.1) is 54.9 Å². The Kier molecular flexibility index (Phi) is 8.35. The number of halogens is 1. The van der Waals surface area contributed by atoms with Gasteiger partial charge in [0.25, 0.3) is 0 Å². The van der Waals surface area contributed by atoms with Crippen molar-refractivity contribution in [3.05, 3.63) is 125 Å². The number of aromatic hydroxyl groups is 1. The number of amides is 4. The predicted octanol–water partition coefficient (Wildman–Crippen LogP) is 6.26. The van der Waals surface area contributed by atoms with Crippen molar-refractivity contribution in [3.63, 3.8) is 0 Å². The van der Waals surface area contributed by atoms with Crippen LogP contribution in [-0.4, -0.2) is 62.1 Å². The molecule has 0 spiro atoms. The van der Waals surface area contributed by atoms with Gasteiger partial charge in [-0.15, -0.1) is 0 Å². The van der Waals surface area contributed by atoms with Gasteiger partial charge in [0.1, 0.15) is 11.5 Å². The summed E-state index contributed by atoms with van der Waals surface area (Å²) < 4.78 is 10.9. The number of benzene rings is 4. The van der Waals surface area contributed by atoms with Crippen molar-refractivity contribution in [3.8, 4) is 11.5 Å². The molecule has 1 saturated carbocycles. The molecule has 4 fully saturated rings. The fraction of sp³-hybridized carbons (Fsp3) is 0.302. The van der Waals surface area contributed by atoms with Crippen LogP contribution < -0.4 is 19.4 Å². The van der Waals surface area contributed by atoms with Gasteiger partial charge in [-0.1, -0.05) is 65.7 Å². The van der Waals surface area contributed by atoms with Crippen LogP contribution in [-0.2, 0) is 29.3 Å². The first kappa shape index (κ1) is 34.3. The molecule has 1 N–H and O–H groups in total. The fourth-order valence-electron chi connectivity index (χ4n) is 9.87. The number of hydrogen-bond acceptors (Lipinski definition) is 8. The van der Waals surface area contributed by atoms with Crippen molar-refractivity contribution < 1.29 is 33.8 Å². The number of hydrogen-bond donors (Lipinski definition) is 1. The summed E-state index contributed by atoms with van der Waals surface area (Å²) in [5.74, 6) is -4.92. The molecule has 3 saturated heterocycles. The lowest BCUT2D eigenvalue weighted by Gasteiger charge is -2.50. The van der Waals surface area contributed by atoms with E-state index in [1.165, 1.54) is 23.0 Å². The molecule has 6 atom stereocenters. The summed E-state index contributed by atoms with van der Waals surface area (Å²) in [4.78, 5) is 64.0. The van der Waals surface area contributed by atoms with Crippen LogP contribution in [0.4, 0.5) is 17.1 Å². The third-order valence-corrected chi connectivity index (χ3v) is 12.4. The summed E-state index contributed by atoms with van der Waals surface area (Å²) in [6.45, 7) is 2.79. The highest BCUT2D eigenvalue weighted by molar-refractivity contribution is 6.32. The minimum atomic E-state index is -1.50. The van der Waals surface area contributed by atoms with Gasteiger partial charge in [0, 0.05) is 41.3 Å². The van der Waals surface area contributed by atoms with E-state index in [9.17, 15) is 19.5 Å². The van der Waals surface area contributed by atoms with Crippen LogP contribution in [0.3, 0.4) is 0 Å². The molecular weight excluding hydrogens is 706 g/mol. The molecule has 9 rings (SSSR count). The van der Waals surface area contributed by atoms with Gasteiger partial charge in [-0.3, -0.25) is 24.1 Å². The van der Waals surface area contributed by atoms with Crippen molar-refractivity contribution in [1.82, 2.24) is 0 Å². The Balaban J connectivity index is 1.19. The summed E-state index contributed by atoms with van der Waals surface area (Å²) in [7, 11) is 1.50. The minimum Gasteiger partial charge on any atom is -0.508 e. The Morgan fingerprint density at radius 1 is 0.778 bits per heavy atom. The number of carbonyl (C=O) groups is 4. The first-order valence-electron chi connectivity index (χ1n) is 18.3. The normalized spacial score (nSPS) is 27.8. The van der Waals surface area contributed by atoms with Crippen molar-refractivity contribution >= 4 is 52.3 Å². The average molecular weight is 744 g/mol. The van der Waals surface area contributed by atoms with Crippen molar-refractivity contribution in [2.45, 2.75) is 24.2 Å². The number of nitrogens with zero attached hydrogens (tertiary/aromatic N) is 3. The van der Waals surface area contributed by atoms with Crippen LogP contribution >= 0.6 is 11.6 Å². The maximum atomic E-state index is 15.4. The van der Waals surface area contributed by atoms with Crippen LogP contribution in [0.1, 0.15) is 29.9 Å². The summed E-state index contributed by atoms with van der Waals surface area (Å²) in [6, 6.07) is 28.3. The van der Waals surface area contributed by atoms with E-state index in [1.807, 2.05) is 60.7 Å². The smallest absolute Gasteiger partial charge is 0.246 e. The largest absolute Gasteiger partial charge is 0.508 e. The quantitative estimate of drug-likeness (QED) is 0.182. The van der Waals surface area contributed by atoms with Gasteiger partial charge in [-0.05, 0) is 72.9 Å². The van der Waals surface area contributed by atoms with Crippen LogP contribution in [0.5, 0.6) is 11.5 Å². The van der Waals surface area contributed by atoms with Gasteiger partial charge < -0.3 is 19.5 Å². The van der Waals surface area contributed by atoms with E-state index in [-0.39, 0.29) is 30.4 Å². The number of phenolic OH excluding ortho intramolecular Hbond substituents is 1. The summed E-state index contributed by atoms with van der Waals surface area (Å²) in [5.41, 5.74) is 2.14. The average Bonchev–Trinajstić information content (AvgIpc) is 3.59. The number of imide groups is 2. The van der Waals surface area contributed by atoms with E-state index < -0.39 is 46.8 Å². The number of fused-ring (bicyclic) bond motifs is 4. The van der Waals surface area contributed by atoms with Crippen molar-refractivity contribution in [2.75, 3.05) is 48.1 Å². The third kappa shape index (κ3) is 5.03. The summed E-state index contributed by atoms with van der Waals surface area (Å²) in [6.07, 6.45) is 2.41. The second-order valence-electron chi connectivity index (χ2n) is 14.6. The Morgan fingerprint density at radius 2 is 1.52 bits per heavy atom. The van der Waals surface area contributed by atoms with E-state index in [0.717, 1.165) is 24.4 Å². The zero-order chi connectivity index (χ0) is 37.3. The third-order valence-electron chi connectivity index (χ3n) is 12.2. The van der Waals surface area contributed by atoms with Gasteiger partial charge in [-0.2, -0.15) is 0 Å². The number of methoxy groups -OCH3 is 1. The molecule has 3 aliphatic heterocycles. The van der Waals surface area contributed by atoms with Gasteiger partial charge in [-0.25, -0.2) is 4.90 Å². The number of ether oxygens (including phenoxy) is 2. The lowest BCUT2D eigenvalue weighted by molar-refractivity contribution is -0.127. The number of morpholine rings is 1. The van der Waals surface area contributed by atoms with Gasteiger partial charge in [0.15, 0.2) is 0 Å². The molecule has 0 radical (unpaired) electrons. The highest BCUT2D eigenvalue weighted by atomic mass is 35.5. The Bertz CT molecular complexity index is 2220. The number of phenols is 1. The summed E-state index contributed by atoms with van der Waals surface area (Å²) in [5, 5.41) is 12.1. The second kappa shape index (κ2) is 13.1. The molecule has 2 aliphatic carbocycles. The SMILES string of the molecule is COc1ccc([C@H]2C3=CC[C@@H]4C(=O)N(c5ccc(N6CCOCC6)cc5)C(=O)[C@@H]4[C@@H]3C[C@H]3C(=O)N(c4cccc(Cl)c4)C(=O)[C@@]23c2ccccc2)c(O)c1. The first-order valence-corrected chi connectivity index (χ1v) is 18.7. The topological polar surface area (TPSA) is 117 Å². The molecular formula is C43H38ClN3O7. The van der Waals surface area contributed by atoms with Crippen molar-refractivity contribution in [2.24, 2.45) is 23.7 Å². The molecule has 0 bridgehead atoms. The number of rotatable bonds is 6. The highest BCUT2D eigenvalue weighted by Gasteiger charge is 2.70. The standard InChI is InChI=1S/C43H38ClN3O7/c1-53-30-14-15-32(36(48)23-30)38-31-16-17-33-37(41(51)46(39(33)49)28-12-10-27(11-13-28)45-18-20-54-21-19-45)34(31)24-35-40(50)47(29-9-5-8-26(44)22-29)42(52)43(35,38)25-6-3-2-4-7-25/h2-16,22-23,33-35,37-38,48H,17-21,24H2,1H3/t33-,34+,35-,37-,38+,43+/m0/s1. The van der Waals surface area contributed by atoms with Crippen LogP contribution in [0.2, 0.25) is 5.02 Å². The predicted molar refractivity (Wildman–Crippen MR) is 203 cm³/mol. The van der Waals surface area contributed by atoms with E-state index in [2.05, 4.69) is 4.90 Å². The lowest BCUT2D eigenvalue weighted by Crippen LogP contribution is -2.53. The summed E-state index contributed by atoms with van der Waals surface area (Å²) >= 11 is 6.41. The van der Waals surface area contributed by atoms with Crippen LogP contribution in [0.25, 0.3) is 0 Å². The van der Waals surface area contributed by atoms with Crippen LogP contribution in [0, 0.1) is 23.7 Å². The maximum absolute atomic E-state index is 15.4. The molecule has 4 aromatic carbocycles. The number of anilines is 3. The molecule has 5 aliphatic rings. The molecule has 4 aromatic rings. The number of carbonyl (C=O) groups excluding carboxylic acids is 4. The molecule has 4 amide bonds. The Hall–Kier alpha value is -5.45. The molecule has 274 valence electrons. The number of allylic oxidation sites excluding steroid dienone is 2. The van der Waals surface area contributed by atoms with E-state index >= 15 is 4.79 Å². The zero-order valence-electron chi connectivity index (χ0n) is 29.6. The highest BCUT2D eigenvalue weighted by Crippen LogP contribution is 2.65. The molecule has 11 heteroatoms. The maximum Gasteiger partial charge on any atom is 0.246 e. The minimum absolute atomic E-state index is 0.102. The molecule has 10 nitrogen and oxygen atoms in total. The molecule has 0 unspecified atom stereocenters. The first-order chi connectivity index (χ1) is 26.2. The van der Waals surface area contributed by atoms with Gasteiger partial charge >= 0.3 is 0 Å². The van der Waals surface area contributed by atoms with E-state index in [0.29, 0.717) is 46.5 Å². The second-order valence-corrected chi connectivity index (χ2v) is 15.1. The monoisotopic (exact) mass is 743 g/mol. The van der Waals surface area contributed by atoms with Gasteiger partial charge in [0.2, 0.25) is 23.6 Å². The molecule has 54 heavy (non-hydrogen) atoms. The molecule has 0 aromatic heterocycles. The Morgan fingerprint density at radius 3 is 2.22 bits per heavy atom. The lowest BCUT2D eigenvalue weighted by atomic mass is 9.49. The van der Waals surface area contributed by atoms with Crippen LogP contribution in [0.15, 0.2) is 109 Å². The fourth-order valence-corrected chi connectivity index (χ4v) is 10.1. The molecule has 3 heterocycles. The zero-order valence-corrected chi connectivity index (χ0v) is 30.3. The van der Waals surface area contributed by atoms with Crippen molar-refractivity contribution in [1.29, 1.82) is 0 Å². The van der Waals surface area contributed by atoms with E-state index in [4.69, 9.17) is 21.1 Å². The van der Waals surface area contributed by atoms with E-state index in [1.54, 1.807) is 36.4 Å². The Labute approximate surface area is 317 Å².